The molecular weight excluding hydrogens is 299 g/mol. The Morgan fingerprint density at radius 2 is 2.04 bits per heavy atom. The maximum Gasteiger partial charge on any atom is 0.265 e. The first-order chi connectivity index (χ1) is 11.0. The van der Waals surface area contributed by atoms with Gasteiger partial charge in [0.15, 0.2) is 17.6 Å². The highest BCUT2D eigenvalue weighted by atomic mass is 19.1. The number of nitriles is 1. The zero-order chi connectivity index (χ0) is 16.8. The standard InChI is InChI=1S/C17H15FN2O3/c1-11(17(21)20-14-5-3-4-13(18)9-14)23-15-7-6-12(10-19)8-16(15)22-2/h3-9,11H,1-2H3,(H,20,21)/t11-/m0/s1. The largest absolute Gasteiger partial charge is 0.493 e. The van der Waals surface area contributed by atoms with Gasteiger partial charge in [0, 0.05) is 11.8 Å². The van der Waals surface area contributed by atoms with Crippen LogP contribution in [0.1, 0.15) is 12.5 Å². The van der Waals surface area contributed by atoms with Gasteiger partial charge in [-0.3, -0.25) is 4.79 Å². The molecule has 5 nitrogen and oxygen atoms in total. The predicted molar refractivity (Wildman–Crippen MR) is 82.8 cm³/mol. The highest BCUT2D eigenvalue weighted by Gasteiger charge is 2.17. The molecule has 0 saturated carbocycles. The third-order valence-electron chi connectivity index (χ3n) is 3.06. The topological polar surface area (TPSA) is 71.3 Å². The van der Waals surface area contributed by atoms with E-state index in [-0.39, 0.29) is 0 Å². The summed E-state index contributed by atoms with van der Waals surface area (Å²) < 4.78 is 23.8. The van der Waals surface area contributed by atoms with Crippen LogP contribution in [0.4, 0.5) is 10.1 Å². The lowest BCUT2D eigenvalue weighted by molar-refractivity contribution is -0.122. The number of carbonyl (C=O) groups excluding carboxylic acids is 1. The lowest BCUT2D eigenvalue weighted by Crippen LogP contribution is -2.30. The van der Waals surface area contributed by atoms with Crippen molar-refractivity contribution in [2.75, 3.05) is 12.4 Å². The highest BCUT2D eigenvalue weighted by Crippen LogP contribution is 2.28. The Bertz CT molecular complexity index is 756. The van der Waals surface area contributed by atoms with Crippen LogP contribution in [0, 0.1) is 17.1 Å². The van der Waals surface area contributed by atoms with Gasteiger partial charge < -0.3 is 14.8 Å². The predicted octanol–water partition coefficient (Wildman–Crippen LogP) is 3.11. The van der Waals surface area contributed by atoms with Crippen LogP contribution in [-0.2, 0) is 4.79 Å². The molecule has 0 spiro atoms. The van der Waals surface area contributed by atoms with Crippen molar-refractivity contribution in [1.29, 1.82) is 5.26 Å². The Kier molecular flexibility index (Phi) is 5.15. The van der Waals surface area contributed by atoms with Gasteiger partial charge in [-0.25, -0.2) is 4.39 Å². The summed E-state index contributed by atoms with van der Waals surface area (Å²) >= 11 is 0. The molecule has 0 fully saturated rings. The van der Waals surface area contributed by atoms with Gasteiger partial charge in [0.05, 0.1) is 18.7 Å². The van der Waals surface area contributed by atoms with E-state index in [4.69, 9.17) is 14.7 Å². The second-order valence-electron chi connectivity index (χ2n) is 4.74. The summed E-state index contributed by atoms with van der Waals surface area (Å²) in [5.41, 5.74) is 0.767. The Morgan fingerprint density at radius 1 is 1.26 bits per heavy atom. The molecule has 0 aromatic heterocycles. The minimum absolute atomic E-state index is 0.341. The number of nitrogens with zero attached hydrogens (tertiary/aromatic N) is 1. The molecule has 1 N–H and O–H groups in total. The van der Waals surface area contributed by atoms with E-state index in [0.717, 1.165) is 0 Å². The average molecular weight is 314 g/mol. The smallest absolute Gasteiger partial charge is 0.265 e. The minimum atomic E-state index is -0.833. The van der Waals surface area contributed by atoms with Crippen LogP contribution in [0.25, 0.3) is 0 Å². The van der Waals surface area contributed by atoms with E-state index in [1.807, 2.05) is 6.07 Å². The Hall–Kier alpha value is -3.07. The molecule has 0 heterocycles. The summed E-state index contributed by atoms with van der Waals surface area (Å²) in [6.07, 6.45) is -0.833. The van der Waals surface area contributed by atoms with Gasteiger partial charge in [-0.15, -0.1) is 0 Å². The van der Waals surface area contributed by atoms with Gasteiger partial charge >= 0.3 is 0 Å². The van der Waals surface area contributed by atoms with Crippen LogP contribution < -0.4 is 14.8 Å². The highest BCUT2D eigenvalue weighted by molar-refractivity contribution is 5.94. The van der Waals surface area contributed by atoms with Crippen molar-refractivity contribution in [2.45, 2.75) is 13.0 Å². The molecule has 2 aromatic rings. The van der Waals surface area contributed by atoms with E-state index in [2.05, 4.69) is 5.32 Å². The van der Waals surface area contributed by atoms with Crippen LogP contribution in [0.15, 0.2) is 42.5 Å². The Labute approximate surface area is 133 Å². The third kappa shape index (κ3) is 4.20. The molecule has 1 amide bonds. The second-order valence-corrected chi connectivity index (χ2v) is 4.74. The normalized spacial score (nSPS) is 11.2. The number of ether oxygens (including phenoxy) is 2. The van der Waals surface area contributed by atoms with E-state index < -0.39 is 17.8 Å². The lowest BCUT2D eigenvalue weighted by Gasteiger charge is -2.16. The minimum Gasteiger partial charge on any atom is -0.493 e. The molecule has 0 radical (unpaired) electrons. The molecule has 2 aromatic carbocycles. The monoisotopic (exact) mass is 314 g/mol. The van der Waals surface area contributed by atoms with Crippen molar-refractivity contribution in [3.05, 3.63) is 53.8 Å². The number of nitrogens with one attached hydrogen (secondary N) is 1. The summed E-state index contributed by atoms with van der Waals surface area (Å²) in [6, 6.07) is 12.2. The van der Waals surface area contributed by atoms with E-state index in [1.54, 1.807) is 25.1 Å². The SMILES string of the molecule is COc1cc(C#N)ccc1O[C@@H](C)C(=O)Nc1cccc(F)c1. The zero-order valence-electron chi connectivity index (χ0n) is 12.7. The molecule has 6 heteroatoms. The quantitative estimate of drug-likeness (QED) is 0.920. The molecule has 0 bridgehead atoms. The van der Waals surface area contributed by atoms with Gasteiger partial charge in [0.1, 0.15) is 5.82 Å². The van der Waals surface area contributed by atoms with Gasteiger partial charge in [0.2, 0.25) is 0 Å². The fourth-order valence-electron chi connectivity index (χ4n) is 1.89. The Balaban J connectivity index is 2.08. The fourth-order valence-corrected chi connectivity index (χ4v) is 1.89. The van der Waals surface area contributed by atoms with Gasteiger partial charge in [0.25, 0.3) is 5.91 Å². The number of halogens is 1. The summed E-state index contributed by atoms with van der Waals surface area (Å²) in [4.78, 5) is 12.1. The molecule has 0 saturated heterocycles. The molecule has 23 heavy (non-hydrogen) atoms. The van der Waals surface area contributed by atoms with Crippen LogP contribution in [0.5, 0.6) is 11.5 Å². The molecule has 118 valence electrons. The first kappa shape index (κ1) is 16.3. The number of anilines is 1. The zero-order valence-corrected chi connectivity index (χ0v) is 12.7. The number of methoxy groups -OCH3 is 1. The summed E-state index contributed by atoms with van der Waals surface area (Å²) in [5.74, 6) is -0.171. The molecular formula is C17H15FN2O3. The van der Waals surface area contributed by atoms with Crippen LogP contribution in [0.2, 0.25) is 0 Å². The van der Waals surface area contributed by atoms with Crippen molar-refractivity contribution in [3.8, 4) is 17.6 Å². The summed E-state index contributed by atoms with van der Waals surface area (Å²) in [6.45, 7) is 1.56. The number of hydrogen-bond donors (Lipinski definition) is 1. The first-order valence-corrected chi connectivity index (χ1v) is 6.84. The number of hydrogen-bond acceptors (Lipinski definition) is 4. The molecule has 0 aliphatic carbocycles. The number of amides is 1. The first-order valence-electron chi connectivity index (χ1n) is 6.84. The average Bonchev–Trinajstić information content (AvgIpc) is 2.55. The van der Waals surface area contributed by atoms with E-state index in [9.17, 15) is 9.18 Å². The second kappa shape index (κ2) is 7.27. The van der Waals surface area contributed by atoms with Crippen molar-refractivity contribution < 1.29 is 18.7 Å². The maximum atomic E-state index is 13.1. The Morgan fingerprint density at radius 3 is 2.70 bits per heavy atom. The maximum absolute atomic E-state index is 13.1. The number of rotatable bonds is 5. The van der Waals surface area contributed by atoms with Crippen LogP contribution >= 0.6 is 0 Å². The van der Waals surface area contributed by atoms with E-state index in [1.165, 1.54) is 31.4 Å². The van der Waals surface area contributed by atoms with Gasteiger partial charge in [-0.2, -0.15) is 5.26 Å². The lowest BCUT2D eigenvalue weighted by atomic mass is 10.2. The molecule has 0 aliphatic heterocycles. The number of benzene rings is 2. The van der Waals surface area contributed by atoms with Crippen LogP contribution in [0.3, 0.4) is 0 Å². The number of carbonyl (C=O) groups is 1. The third-order valence-corrected chi connectivity index (χ3v) is 3.06. The van der Waals surface area contributed by atoms with Gasteiger partial charge in [-0.05, 0) is 37.3 Å². The molecule has 0 unspecified atom stereocenters. The van der Waals surface area contributed by atoms with Crippen molar-refractivity contribution in [1.82, 2.24) is 0 Å². The van der Waals surface area contributed by atoms with Crippen molar-refractivity contribution in [3.63, 3.8) is 0 Å². The molecule has 2 rings (SSSR count). The summed E-state index contributed by atoms with van der Waals surface area (Å²) in [7, 11) is 1.45. The van der Waals surface area contributed by atoms with Crippen LogP contribution in [-0.4, -0.2) is 19.1 Å². The van der Waals surface area contributed by atoms with Gasteiger partial charge in [-0.1, -0.05) is 6.07 Å². The molecule has 0 aliphatic rings. The molecule has 1 atom stereocenters. The fraction of sp³-hybridized carbons (Fsp3) is 0.176. The summed E-state index contributed by atoms with van der Waals surface area (Å²) in [5, 5.41) is 11.4. The van der Waals surface area contributed by atoms with E-state index in [0.29, 0.717) is 22.7 Å². The van der Waals surface area contributed by atoms with Crippen molar-refractivity contribution >= 4 is 11.6 Å². The van der Waals surface area contributed by atoms with Crippen molar-refractivity contribution in [2.24, 2.45) is 0 Å². The van der Waals surface area contributed by atoms with E-state index >= 15 is 0 Å².